The van der Waals surface area contributed by atoms with E-state index in [1.807, 2.05) is 0 Å². The molecular weight excluding hydrogens is 284 g/mol. The average molecular weight is 312 g/mol. The molecule has 0 bridgehead atoms. The van der Waals surface area contributed by atoms with Gasteiger partial charge < -0.3 is 9.88 Å². The second-order valence-corrected chi connectivity index (χ2v) is 6.22. The molecule has 1 aromatic carbocycles. The van der Waals surface area contributed by atoms with Crippen molar-refractivity contribution < 1.29 is 4.79 Å². The Labute approximate surface area is 139 Å². The molecule has 3 heteroatoms. The zero-order valence-corrected chi connectivity index (χ0v) is 15.0. The second kappa shape index (κ2) is 7.49. The summed E-state index contributed by atoms with van der Waals surface area (Å²) >= 11 is 0. The Morgan fingerprint density at radius 3 is 2.52 bits per heavy atom. The summed E-state index contributed by atoms with van der Waals surface area (Å²) in [6, 6.07) is 8.49. The molecule has 0 spiro atoms. The first-order chi connectivity index (χ1) is 11.0. The maximum atomic E-state index is 12.7. The molecule has 1 aromatic heterocycles. The predicted molar refractivity (Wildman–Crippen MR) is 96.2 cm³/mol. The number of nitrogens with one attached hydrogen (secondary N) is 1. The lowest BCUT2D eigenvalue weighted by Crippen LogP contribution is -2.27. The third-order valence-electron chi connectivity index (χ3n) is 4.45. The number of hydrogen-bond donors (Lipinski definition) is 1. The minimum Gasteiger partial charge on any atom is -0.351 e. The number of hydrogen-bond acceptors (Lipinski definition) is 1. The van der Waals surface area contributed by atoms with Gasteiger partial charge in [0.25, 0.3) is 5.91 Å². The molecule has 2 rings (SSSR count). The Balaban J connectivity index is 2.46. The number of nitrogens with zero attached hydrogens (tertiary/aromatic N) is 1. The highest BCUT2D eigenvalue weighted by Crippen LogP contribution is 2.24. The molecule has 23 heavy (non-hydrogen) atoms. The van der Waals surface area contributed by atoms with E-state index in [0.717, 1.165) is 30.6 Å². The minimum atomic E-state index is 0.0415. The standard InChI is InChI=1S/C20H28N2O/c1-6-11-21-20(23)19-15(4)18(7-2)16(5)22(19)13-17-10-8-9-14(3)12-17/h8-10,12H,6-7,11,13H2,1-5H3,(H,21,23). The molecule has 0 fully saturated rings. The van der Waals surface area contributed by atoms with Gasteiger partial charge in [-0.15, -0.1) is 0 Å². The van der Waals surface area contributed by atoms with Crippen LogP contribution in [0.5, 0.6) is 0 Å². The molecular formula is C20H28N2O. The summed E-state index contributed by atoms with van der Waals surface area (Å²) in [6.45, 7) is 12.0. The fourth-order valence-corrected chi connectivity index (χ4v) is 3.27. The number of aromatic nitrogens is 1. The molecule has 0 radical (unpaired) electrons. The summed E-state index contributed by atoms with van der Waals surface area (Å²) in [5.41, 5.74) is 6.90. The lowest BCUT2D eigenvalue weighted by atomic mass is 10.1. The molecule has 0 aliphatic carbocycles. The van der Waals surface area contributed by atoms with Gasteiger partial charge in [-0.2, -0.15) is 0 Å². The van der Waals surface area contributed by atoms with Crippen LogP contribution >= 0.6 is 0 Å². The van der Waals surface area contributed by atoms with E-state index in [4.69, 9.17) is 0 Å². The van der Waals surface area contributed by atoms with Crippen molar-refractivity contribution in [2.45, 2.75) is 54.0 Å². The topological polar surface area (TPSA) is 34.0 Å². The Kier molecular flexibility index (Phi) is 5.64. The van der Waals surface area contributed by atoms with E-state index in [1.165, 1.54) is 22.4 Å². The normalized spacial score (nSPS) is 10.8. The molecule has 0 aliphatic heterocycles. The van der Waals surface area contributed by atoms with Gasteiger partial charge >= 0.3 is 0 Å². The molecule has 0 unspecified atom stereocenters. The van der Waals surface area contributed by atoms with Crippen LogP contribution in [0.1, 0.15) is 58.7 Å². The first-order valence-corrected chi connectivity index (χ1v) is 8.51. The first-order valence-electron chi connectivity index (χ1n) is 8.51. The van der Waals surface area contributed by atoms with Gasteiger partial charge in [0.05, 0.1) is 0 Å². The summed E-state index contributed by atoms with van der Waals surface area (Å²) in [5.74, 6) is 0.0415. The van der Waals surface area contributed by atoms with Crippen molar-refractivity contribution in [2.24, 2.45) is 0 Å². The second-order valence-electron chi connectivity index (χ2n) is 6.22. The van der Waals surface area contributed by atoms with Crippen LogP contribution in [0.2, 0.25) is 0 Å². The van der Waals surface area contributed by atoms with E-state index in [1.54, 1.807) is 0 Å². The molecule has 1 N–H and O–H groups in total. The summed E-state index contributed by atoms with van der Waals surface area (Å²) in [5, 5.41) is 3.03. The Morgan fingerprint density at radius 1 is 1.17 bits per heavy atom. The molecule has 1 heterocycles. The van der Waals surface area contributed by atoms with Gasteiger partial charge in [0.2, 0.25) is 0 Å². The highest BCUT2D eigenvalue weighted by Gasteiger charge is 2.21. The molecule has 0 aliphatic rings. The van der Waals surface area contributed by atoms with Crippen molar-refractivity contribution >= 4 is 5.91 Å². The largest absolute Gasteiger partial charge is 0.351 e. The smallest absolute Gasteiger partial charge is 0.268 e. The third kappa shape index (κ3) is 3.66. The van der Waals surface area contributed by atoms with Crippen molar-refractivity contribution in [2.75, 3.05) is 6.54 Å². The molecule has 0 saturated heterocycles. The van der Waals surface area contributed by atoms with E-state index in [2.05, 4.69) is 68.8 Å². The quantitative estimate of drug-likeness (QED) is 0.853. The van der Waals surface area contributed by atoms with E-state index >= 15 is 0 Å². The number of amides is 1. The molecule has 0 saturated carbocycles. The van der Waals surface area contributed by atoms with Crippen LogP contribution in [0.25, 0.3) is 0 Å². The highest BCUT2D eigenvalue weighted by atomic mass is 16.1. The van der Waals surface area contributed by atoms with Gasteiger partial charge in [-0.25, -0.2) is 0 Å². The summed E-state index contributed by atoms with van der Waals surface area (Å²) in [4.78, 5) is 12.7. The van der Waals surface area contributed by atoms with Gasteiger partial charge in [0.1, 0.15) is 5.69 Å². The van der Waals surface area contributed by atoms with Crippen LogP contribution in [0.15, 0.2) is 24.3 Å². The fraction of sp³-hybridized carbons (Fsp3) is 0.450. The van der Waals surface area contributed by atoms with Crippen LogP contribution < -0.4 is 5.32 Å². The molecule has 3 nitrogen and oxygen atoms in total. The fourth-order valence-electron chi connectivity index (χ4n) is 3.27. The average Bonchev–Trinajstić information content (AvgIpc) is 2.75. The summed E-state index contributed by atoms with van der Waals surface area (Å²) < 4.78 is 2.17. The number of benzene rings is 1. The Bertz CT molecular complexity index is 698. The van der Waals surface area contributed by atoms with Gasteiger partial charge in [-0.05, 0) is 50.3 Å². The predicted octanol–water partition coefficient (Wildman–Crippen LogP) is 4.16. The van der Waals surface area contributed by atoms with E-state index in [0.29, 0.717) is 6.54 Å². The van der Waals surface area contributed by atoms with Crippen molar-refractivity contribution in [3.8, 4) is 0 Å². The van der Waals surface area contributed by atoms with E-state index < -0.39 is 0 Å². The summed E-state index contributed by atoms with van der Waals surface area (Å²) in [7, 11) is 0. The maximum Gasteiger partial charge on any atom is 0.268 e. The number of carbonyl (C=O) groups is 1. The SMILES string of the molecule is CCCNC(=O)c1c(C)c(CC)c(C)n1Cc1cccc(C)c1. The van der Waals surface area contributed by atoms with Gasteiger partial charge in [0, 0.05) is 18.8 Å². The lowest BCUT2D eigenvalue weighted by molar-refractivity contribution is 0.0944. The van der Waals surface area contributed by atoms with Crippen LogP contribution in [0, 0.1) is 20.8 Å². The van der Waals surface area contributed by atoms with Crippen molar-refractivity contribution in [3.05, 3.63) is 57.9 Å². The van der Waals surface area contributed by atoms with E-state index in [-0.39, 0.29) is 5.91 Å². The minimum absolute atomic E-state index is 0.0415. The van der Waals surface area contributed by atoms with Crippen LogP contribution in [-0.4, -0.2) is 17.0 Å². The number of rotatable bonds is 6. The van der Waals surface area contributed by atoms with Crippen molar-refractivity contribution in [3.63, 3.8) is 0 Å². The molecule has 1 amide bonds. The lowest BCUT2D eigenvalue weighted by Gasteiger charge is -2.13. The van der Waals surface area contributed by atoms with Crippen LogP contribution in [0.4, 0.5) is 0 Å². The van der Waals surface area contributed by atoms with Gasteiger partial charge in [-0.1, -0.05) is 43.7 Å². The van der Waals surface area contributed by atoms with Gasteiger partial charge in [0.15, 0.2) is 0 Å². The van der Waals surface area contributed by atoms with Crippen LogP contribution in [-0.2, 0) is 13.0 Å². The Hall–Kier alpha value is -2.03. The molecule has 2 aromatic rings. The molecule has 124 valence electrons. The zero-order valence-electron chi connectivity index (χ0n) is 15.0. The number of carbonyl (C=O) groups excluding carboxylic acids is 1. The Morgan fingerprint density at radius 2 is 1.91 bits per heavy atom. The zero-order chi connectivity index (χ0) is 17.0. The van der Waals surface area contributed by atoms with E-state index in [9.17, 15) is 4.79 Å². The molecule has 0 atom stereocenters. The highest BCUT2D eigenvalue weighted by molar-refractivity contribution is 5.95. The van der Waals surface area contributed by atoms with Crippen LogP contribution in [0.3, 0.4) is 0 Å². The van der Waals surface area contributed by atoms with Crippen molar-refractivity contribution in [1.82, 2.24) is 9.88 Å². The summed E-state index contributed by atoms with van der Waals surface area (Å²) in [6.07, 6.45) is 1.90. The first kappa shape index (κ1) is 17.3. The monoisotopic (exact) mass is 312 g/mol. The maximum absolute atomic E-state index is 12.7. The third-order valence-corrected chi connectivity index (χ3v) is 4.45. The number of aryl methyl sites for hydroxylation is 1. The van der Waals surface area contributed by atoms with Crippen molar-refractivity contribution in [1.29, 1.82) is 0 Å². The van der Waals surface area contributed by atoms with Gasteiger partial charge in [-0.3, -0.25) is 4.79 Å².